The summed E-state index contributed by atoms with van der Waals surface area (Å²) < 4.78 is 6.74. The Balaban J connectivity index is 1.62. The van der Waals surface area contributed by atoms with Crippen LogP contribution >= 0.6 is 0 Å². The SMILES string of the molecule is CCOC(=O)CNC(=O)CN1CCC(Cn2cccn2)CC1. The lowest BCUT2D eigenvalue weighted by Gasteiger charge is -2.31. The van der Waals surface area contributed by atoms with Crippen LogP contribution < -0.4 is 5.32 Å². The van der Waals surface area contributed by atoms with Crippen molar-refractivity contribution in [3.8, 4) is 0 Å². The highest BCUT2D eigenvalue weighted by atomic mass is 16.5. The lowest BCUT2D eigenvalue weighted by atomic mass is 9.97. The average molecular weight is 308 g/mol. The van der Waals surface area contributed by atoms with Crippen molar-refractivity contribution in [1.82, 2.24) is 20.0 Å². The van der Waals surface area contributed by atoms with Crippen LogP contribution in [0.15, 0.2) is 18.5 Å². The summed E-state index contributed by atoms with van der Waals surface area (Å²) in [6.07, 6.45) is 5.90. The van der Waals surface area contributed by atoms with Gasteiger partial charge in [0.1, 0.15) is 6.54 Å². The van der Waals surface area contributed by atoms with Gasteiger partial charge in [0.05, 0.1) is 13.2 Å². The van der Waals surface area contributed by atoms with Crippen LogP contribution in [0.3, 0.4) is 0 Å². The lowest BCUT2D eigenvalue weighted by molar-refractivity contribution is -0.143. The molecule has 0 bridgehead atoms. The number of piperidine rings is 1. The highest BCUT2D eigenvalue weighted by Gasteiger charge is 2.21. The molecule has 0 radical (unpaired) electrons. The second-order valence-electron chi connectivity index (χ2n) is 5.53. The van der Waals surface area contributed by atoms with Gasteiger partial charge in [-0.3, -0.25) is 19.2 Å². The molecule has 1 aromatic rings. The van der Waals surface area contributed by atoms with Crippen molar-refractivity contribution in [3.05, 3.63) is 18.5 Å². The van der Waals surface area contributed by atoms with Crippen molar-refractivity contribution in [2.24, 2.45) is 5.92 Å². The molecule has 0 saturated carbocycles. The van der Waals surface area contributed by atoms with Crippen molar-refractivity contribution < 1.29 is 14.3 Å². The number of hydrogen-bond acceptors (Lipinski definition) is 5. The first kappa shape index (κ1) is 16.5. The first-order valence-corrected chi connectivity index (χ1v) is 7.79. The molecule has 2 heterocycles. The summed E-state index contributed by atoms with van der Waals surface area (Å²) in [7, 11) is 0. The number of hydrogen-bond donors (Lipinski definition) is 1. The van der Waals surface area contributed by atoms with E-state index in [0.29, 0.717) is 19.1 Å². The molecule has 1 fully saturated rings. The molecule has 22 heavy (non-hydrogen) atoms. The van der Waals surface area contributed by atoms with E-state index >= 15 is 0 Å². The number of rotatable bonds is 7. The van der Waals surface area contributed by atoms with E-state index in [-0.39, 0.29) is 12.5 Å². The van der Waals surface area contributed by atoms with Gasteiger partial charge in [-0.25, -0.2) is 0 Å². The third-order valence-corrected chi connectivity index (χ3v) is 3.81. The Labute approximate surface area is 130 Å². The Bertz CT molecular complexity index is 467. The fourth-order valence-electron chi connectivity index (χ4n) is 2.64. The van der Waals surface area contributed by atoms with E-state index in [1.54, 1.807) is 13.1 Å². The smallest absolute Gasteiger partial charge is 0.325 e. The Hall–Kier alpha value is -1.89. The molecule has 0 aromatic carbocycles. The average Bonchev–Trinajstić information content (AvgIpc) is 3.00. The van der Waals surface area contributed by atoms with Gasteiger partial charge in [0, 0.05) is 18.9 Å². The zero-order chi connectivity index (χ0) is 15.8. The van der Waals surface area contributed by atoms with Crippen molar-refractivity contribution in [3.63, 3.8) is 0 Å². The fraction of sp³-hybridized carbons (Fsp3) is 0.667. The number of likely N-dealkylation sites (tertiary alicyclic amines) is 1. The number of carbonyl (C=O) groups excluding carboxylic acids is 2. The van der Waals surface area contributed by atoms with E-state index in [0.717, 1.165) is 32.5 Å². The third-order valence-electron chi connectivity index (χ3n) is 3.81. The molecule has 1 saturated heterocycles. The van der Waals surface area contributed by atoms with Gasteiger partial charge in [0.25, 0.3) is 0 Å². The van der Waals surface area contributed by atoms with Crippen LogP contribution in [0.1, 0.15) is 19.8 Å². The summed E-state index contributed by atoms with van der Waals surface area (Å²) >= 11 is 0. The van der Waals surface area contributed by atoms with Crippen LogP contribution in [0.4, 0.5) is 0 Å². The number of carbonyl (C=O) groups is 2. The van der Waals surface area contributed by atoms with Crippen molar-refractivity contribution >= 4 is 11.9 Å². The van der Waals surface area contributed by atoms with E-state index in [1.165, 1.54) is 0 Å². The molecule has 0 spiro atoms. The normalized spacial score (nSPS) is 16.4. The van der Waals surface area contributed by atoms with Gasteiger partial charge in [-0.1, -0.05) is 0 Å². The zero-order valence-corrected chi connectivity index (χ0v) is 13.0. The number of aromatic nitrogens is 2. The van der Waals surface area contributed by atoms with Gasteiger partial charge in [0.15, 0.2) is 0 Å². The Kier molecular flexibility index (Phi) is 6.39. The summed E-state index contributed by atoms with van der Waals surface area (Å²) in [5, 5.41) is 6.82. The number of esters is 1. The van der Waals surface area contributed by atoms with Crippen LogP contribution in [0, 0.1) is 5.92 Å². The highest BCUT2D eigenvalue weighted by Crippen LogP contribution is 2.18. The summed E-state index contributed by atoms with van der Waals surface area (Å²) in [4.78, 5) is 25.1. The van der Waals surface area contributed by atoms with Gasteiger partial charge in [-0.15, -0.1) is 0 Å². The van der Waals surface area contributed by atoms with Gasteiger partial charge in [-0.2, -0.15) is 5.10 Å². The standard InChI is InChI=1S/C15H24N4O3/c1-2-22-15(21)10-16-14(20)12-18-8-4-13(5-9-18)11-19-7-3-6-17-19/h3,6-7,13H,2,4-5,8-12H2,1H3,(H,16,20). The molecule has 1 aliphatic rings. The molecular weight excluding hydrogens is 284 g/mol. The van der Waals surface area contributed by atoms with Crippen molar-refractivity contribution in [1.29, 1.82) is 0 Å². The third kappa shape index (κ3) is 5.48. The molecule has 7 heteroatoms. The second-order valence-corrected chi connectivity index (χ2v) is 5.53. The molecule has 1 amide bonds. The molecular formula is C15H24N4O3. The lowest BCUT2D eigenvalue weighted by Crippen LogP contribution is -2.43. The number of nitrogens with zero attached hydrogens (tertiary/aromatic N) is 3. The second kappa shape index (κ2) is 8.53. The first-order chi connectivity index (χ1) is 10.7. The maximum Gasteiger partial charge on any atom is 0.325 e. The molecule has 2 rings (SSSR count). The molecule has 0 unspecified atom stereocenters. The highest BCUT2D eigenvalue weighted by molar-refractivity contribution is 5.83. The van der Waals surface area contributed by atoms with Crippen LogP contribution in [-0.2, 0) is 20.9 Å². The largest absolute Gasteiger partial charge is 0.465 e. The summed E-state index contributed by atoms with van der Waals surface area (Å²) in [5.41, 5.74) is 0. The maximum absolute atomic E-state index is 11.8. The minimum atomic E-state index is -0.395. The number of nitrogens with one attached hydrogen (secondary N) is 1. The molecule has 7 nitrogen and oxygen atoms in total. The Morgan fingerprint density at radius 1 is 1.36 bits per heavy atom. The van der Waals surface area contributed by atoms with Gasteiger partial charge in [-0.05, 0) is 44.8 Å². The quantitative estimate of drug-likeness (QED) is 0.732. The first-order valence-electron chi connectivity index (χ1n) is 7.79. The number of amides is 1. The zero-order valence-electron chi connectivity index (χ0n) is 13.0. The van der Waals surface area contributed by atoms with Gasteiger partial charge < -0.3 is 10.1 Å². The van der Waals surface area contributed by atoms with E-state index < -0.39 is 5.97 Å². The van der Waals surface area contributed by atoms with Crippen LogP contribution in [0.5, 0.6) is 0 Å². The van der Waals surface area contributed by atoms with Gasteiger partial charge >= 0.3 is 5.97 Å². The Morgan fingerprint density at radius 2 is 2.14 bits per heavy atom. The maximum atomic E-state index is 11.8. The van der Waals surface area contributed by atoms with Crippen LogP contribution in [0.2, 0.25) is 0 Å². The molecule has 0 aliphatic carbocycles. The van der Waals surface area contributed by atoms with E-state index in [4.69, 9.17) is 4.74 Å². The minimum Gasteiger partial charge on any atom is -0.465 e. The van der Waals surface area contributed by atoms with E-state index in [1.807, 2.05) is 16.9 Å². The topological polar surface area (TPSA) is 76.5 Å². The predicted molar refractivity (Wildman–Crippen MR) is 81.0 cm³/mol. The van der Waals surface area contributed by atoms with Crippen LogP contribution in [-0.4, -0.2) is 59.3 Å². The fourth-order valence-corrected chi connectivity index (χ4v) is 2.64. The van der Waals surface area contributed by atoms with E-state index in [9.17, 15) is 9.59 Å². The Morgan fingerprint density at radius 3 is 2.77 bits per heavy atom. The van der Waals surface area contributed by atoms with Crippen LogP contribution in [0.25, 0.3) is 0 Å². The molecule has 1 N–H and O–H groups in total. The van der Waals surface area contributed by atoms with Crippen molar-refractivity contribution in [2.45, 2.75) is 26.3 Å². The molecule has 1 aliphatic heterocycles. The minimum absolute atomic E-state index is 0.0531. The predicted octanol–water partition coefficient (Wildman–Crippen LogP) is 0.274. The van der Waals surface area contributed by atoms with E-state index in [2.05, 4.69) is 15.3 Å². The molecule has 0 atom stereocenters. The summed E-state index contributed by atoms with van der Waals surface area (Å²) in [6, 6.07) is 1.93. The molecule has 122 valence electrons. The van der Waals surface area contributed by atoms with Crippen molar-refractivity contribution in [2.75, 3.05) is 32.8 Å². The summed E-state index contributed by atoms with van der Waals surface area (Å²) in [5.74, 6) is 0.0890. The summed E-state index contributed by atoms with van der Waals surface area (Å²) in [6.45, 7) is 5.11. The monoisotopic (exact) mass is 308 g/mol. The van der Waals surface area contributed by atoms with Gasteiger partial charge in [0.2, 0.25) is 5.91 Å². The number of ether oxygens (including phenoxy) is 1. The molecule has 1 aromatic heterocycles.